The third kappa shape index (κ3) is 2.38. The number of hydrogen-bond donors (Lipinski definition) is 2. The SMILES string of the molecule is Nc1cc(S(N)(=O)=O)ccc1N1CCCC2CCCC21. The summed E-state index contributed by atoms with van der Waals surface area (Å²) < 4.78 is 22.7. The van der Waals surface area contributed by atoms with Gasteiger partial charge in [-0.25, -0.2) is 13.6 Å². The number of benzene rings is 1. The molecule has 1 aliphatic carbocycles. The lowest BCUT2D eigenvalue weighted by Gasteiger charge is -2.40. The van der Waals surface area contributed by atoms with Gasteiger partial charge in [0.05, 0.1) is 16.3 Å². The highest BCUT2D eigenvalue weighted by Crippen LogP contribution is 2.40. The van der Waals surface area contributed by atoms with E-state index in [9.17, 15) is 8.42 Å². The Balaban J connectivity index is 1.94. The second kappa shape index (κ2) is 4.93. The molecular formula is C14H21N3O2S. The van der Waals surface area contributed by atoms with E-state index in [2.05, 4.69) is 4.90 Å². The maximum absolute atomic E-state index is 11.4. The Morgan fingerprint density at radius 1 is 1.15 bits per heavy atom. The van der Waals surface area contributed by atoms with Crippen LogP contribution in [0.3, 0.4) is 0 Å². The molecule has 1 aromatic carbocycles. The maximum Gasteiger partial charge on any atom is 0.238 e. The van der Waals surface area contributed by atoms with Crippen LogP contribution in [-0.2, 0) is 10.0 Å². The molecule has 1 heterocycles. The van der Waals surface area contributed by atoms with E-state index in [0.29, 0.717) is 11.7 Å². The van der Waals surface area contributed by atoms with Crippen molar-refractivity contribution < 1.29 is 8.42 Å². The summed E-state index contributed by atoms with van der Waals surface area (Å²) in [6.45, 7) is 1.00. The van der Waals surface area contributed by atoms with Gasteiger partial charge in [0.15, 0.2) is 0 Å². The summed E-state index contributed by atoms with van der Waals surface area (Å²) in [5, 5.41) is 5.14. The quantitative estimate of drug-likeness (QED) is 0.812. The van der Waals surface area contributed by atoms with Gasteiger partial charge in [-0.3, -0.25) is 0 Å². The zero-order valence-electron chi connectivity index (χ0n) is 11.5. The highest BCUT2D eigenvalue weighted by atomic mass is 32.2. The number of nitrogens with zero attached hydrogens (tertiary/aromatic N) is 1. The van der Waals surface area contributed by atoms with Gasteiger partial charge in [-0.05, 0) is 49.8 Å². The highest BCUT2D eigenvalue weighted by molar-refractivity contribution is 7.89. The zero-order valence-corrected chi connectivity index (χ0v) is 12.3. The lowest BCUT2D eigenvalue weighted by atomic mass is 9.91. The average molecular weight is 295 g/mol. The first-order valence-electron chi connectivity index (χ1n) is 7.16. The van der Waals surface area contributed by atoms with Crippen molar-refractivity contribution >= 4 is 21.4 Å². The van der Waals surface area contributed by atoms with E-state index in [1.165, 1.54) is 38.2 Å². The van der Waals surface area contributed by atoms with Crippen molar-refractivity contribution in [1.29, 1.82) is 0 Å². The van der Waals surface area contributed by atoms with E-state index >= 15 is 0 Å². The van der Waals surface area contributed by atoms with E-state index in [1.807, 2.05) is 0 Å². The molecular weight excluding hydrogens is 274 g/mol. The van der Waals surface area contributed by atoms with Crippen molar-refractivity contribution in [2.75, 3.05) is 17.2 Å². The molecule has 1 saturated carbocycles. The van der Waals surface area contributed by atoms with Crippen molar-refractivity contribution in [1.82, 2.24) is 0 Å². The minimum absolute atomic E-state index is 0.0822. The summed E-state index contributed by atoms with van der Waals surface area (Å²) in [7, 11) is -3.69. The number of piperidine rings is 1. The molecule has 110 valence electrons. The van der Waals surface area contributed by atoms with Crippen LogP contribution in [0.4, 0.5) is 11.4 Å². The summed E-state index contributed by atoms with van der Waals surface area (Å²) in [5.74, 6) is 0.765. The summed E-state index contributed by atoms with van der Waals surface area (Å²) in [4.78, 5) is 2.45. The van der Waals surface area contributed by atoms with Crippen molar-refractivity contribution in [2.45, 2.75) is 43.0 Å². The van der Waals surface area contributed by atoms with Crippen LogP contribution >= 0.6 is 0 Å². The topological polar surface area (TPSA) is 89.4 Å². The lowest BCUT2D eigenvalue weighted by molar-refractivity contribution is 0.363. The largest absolute Gasteiger partial charge is 0.397 e. The van der Waals surface area contributed by atoms with Gasteiger partial charge in [0, 0.05) is 12.6 Å². The van der Waals surface area contributed by atoms with Crippen LogP contribution in [0.5, 0.6) is 0 Å². The molecule has 3 rings (SSSR count). The van der Waals surface area contributed by atoms with Crippen molar-refractivity contribution in [3.05, 3.63) is 18.2 Å². The smallest absolute Gasteiger partial charge is 0.238 e. The fraction of sp³-hybridized carbons (Fsp3) is 0.571. The summed E-state index contributed by atoms with van der Waals surface area (Å²) in [5.41, 5.74) is 7.53. The summed E-state index contributed by atoms with van der Waals surface area (Å²) in [6.07, 6.45) is 6.27. The minimum atomic E-state index is -3.69. The number of anilines is 2. The predicted octanol–water partition coefficient (Wildman–Crippen LogP) is 1.69. The maximum atomic E-state index is 11.4. The Morgan fingerprint density at radius 3 is 2.60 bits per heavy atom. The predicted molar refractivity (Wildman–Crippen MR) is 79.9 cm³/mol. The van der Waals surface area contributed by atoms with Gasteiger partial charge >= 0.3 is 0 Å². The van der Waals surface area contributed by atoms with Gasteiger partial charge in [-0.2, -0.15) is 0 Å². The first kappa shape index (κ1) is 13.7. The molecule has 5 nitrogen and oxygen atoms in total. The average Bonchev–Trinajstić information content (AvgIpc) is 2.85. The fourth-order valence-corrected chi connectivity index (χ4v) is 4.27. The van der Waals surface area contributed by atoms with Crippen LogP contribution in [0.25, 0.3) is 0 Å². The molecule has 0 aromatic heterocycles. The number of nitrogen functional groups attached to an aromatic ring is 1. The van der Waals surface area contributed by atoms with Gasteiger partial charge in [0.1, 0.15) is 0 Å². The van der Waals surface area contributed by atoms with Crippen LogP contribution in [0, 0.1) is 5.92 Å². The third-order valence-electron chi connectivity index (χ3n) is 4.63. The number of hydrogen-bond acceptors (Lipinski definition) is 4. The summed E-state index contributed by atoms with van der Waals surface area (Å²) >= 11 is 0. The van der Waals surface area contributed by atoms with Crippen molar-refractivity contribution in [3.63, 3.8) is 0 Å². The first-order valence-corrected chi connectivity index (χ1v) is 8.70. The van der Waals surface area contributed by atoms with Crippen LogP contribution in [0.15, 0.2) is 23.1 Å². The number of sulfonamides is 1. The molecule has 20 heavy (non-hydrogen) atoms. The molecule has 0 radical (unpaired) electrons. The van der Waals surface area contributed by atoms with Crippen molar-refractivity contribution in [3.8, 4) is 0 Å². The van der Waals surface area contributed by atoms with Crippen LogP contribution in [-0.4, -0.2) is 21.0 Å². The normalized spacial score (nSPS) is 26.6. The molecule has 0 amide bonds. The lowest BCUT2D eigenvalue weighted by Crippen LogP contribution is -2.43. The molecule has 1 saturated heterocycles. The molecule has 0 spiro atoms. The van der Waals surface area contributed by atoms with Crippen LogP contribution in [0.1, 0.15) is 32.1 Å². The second-order valence-electron chi connectivity index (χ2n) is 5.86. The highest BCUT2D eigenvalue weighted by Gasteiger charge is 2.35. The molecule has 2 atom stereocenters. The summed E-state index contributed by atoms with van der Waals surface area (Å²) in [6, 6.07) is 5.39. The Hall–Kier alpha value is -1.27. The molecule has 0 bridgehead atoms. The second-order valence-corrected chi connectivity index (χ2v) is 7.42. The molecule has 2 unspecified atom stereocenters. The van der Waals surface area contributed by atoms with Gasteiger partial charge in [-0.15, -0.1) is 0 Å². The van der Waals surface area contributed by atoms with E-state index < -0.39 is 10.0 Å². The molecule has 2 aliphatic rings. The van der Waals surface area contributed by atoms with Gasteiger partial charge in [-0.1, -0.05) is 6.42 Å². The van der Waals surface area contributed by atoms with E-state index in [0.717, 1.165) is 18.2 Å². The Kier molecular flexibility index (Phi) is 3.38. The van der Waals surface area contributed by atoms with Crippen LogP contribution in [0.2, 0.25) is 0 Å². The first-order chi connectivity index (χ1) is 9.47. The Bertz CT molecular complexity index is 615. The van der Waals surface area contributed by atoms with Gasteiger partial charge in [0.25, 0.3) is 0 Å². The van der Waals surface area contributed by atoms with E-state index in [1.54, 1.807) is 12.1 Å². The fourth-order valence-electron chi connectivity index (χ4n) is 3.72. The molecule has 1 aromatic rings. The Morgan fingerprint density at radius 2 is 1.90 bits per heavy atom. The van der Waals surface area contributed by atoms with Crippen molar-refractivity contribution in [2.24, 2.45) is 11.1 Å². The monoisotopic (exact) mass is 295 g/mol. The van der Waals surface area contributed by atoms with Crippen LogP contribution < -0.4 is 15.8 Å². The Labute approximate surface area is 120 Å². The van der Waals surface area contributed by atoms with Gasteiger partial charge < -0.3 is 10.6 Å². The third-order valence-corrected chi connectivity index (χ3v) is 5.54. The molecule has 6 heteroatoms. The van der Waals surface area contributed by atoms with E-state index in [-0.39, 0.29) is 4.90 Å². The molecule has 4 N–H and O–H groups in total. The minimum Gasteiger partial charge on any atom is -0.397 e. The number of primary sulfonamides is 1. The van der Waals surface area contributed by atoms with Gasteiger partial charge in [0.2, 0.25) is 10.0 Å². The standard InChI is InChI=1S/C14H21N3O2S/c15-12-9-11(20(16,18)19)6-7-14(12)17-8-2-4-10-3-1-5-13(10)17/h6-7,9-10,13H,1-5,8,15H2,(H2,16,18,19). The number of rotatable bonds is 2. The number of fused-ring (bicyclic) bond motifs is 1. The van der Waals surface area contributed by atoms with E-state index in [4.69, 9.17) is 10.9 Å². The molecule has 1 aliphatic heterocycles. The number of nitrogens with two attached hydrogens (primary N) is 2. The zero-order chi connectivity index (χ0) is 14.3. The molecule has 2 fully saturated rings.